The lowest BCUT2D eigenvalue weighted by Crippen LogP contribution is -2.34. The zero-order valence-corrected chi connectivity index (χ0v) is 7.97. The normalized spacial score (nSPS) is 24.8. The van der Waals surface area contributed by atoms with Crippen LogP contribution in [0.1, 0.15) is 26.7 Å². The molecular weight excluding hydrogens is 154 g/mol. The Hall–Kier alpha value is -0.120. The molecule has 0 saturated carbocycles. The molecule has 72 valence electrons. The molecule has 1 atom stereocenters. The molecule has 0 aromatic rings. The molecule has 0 aromatic carbocycles. The summed E-state index contributed by atoms with van der Waals surface area (Å²) in [6.45, 7) is 6.24. The van der Waals surface area contributed by atoms with Crippen molar-refractivity contribution in [2.75, 3.05) is 19.8 Å². The molecule has 1 heterocycles. The van der Waals surface area contributed by atoms with Gasteiger partial charge in [-0.15, -0.1) is 0 Å². The highest BCUT2D eigenvalue weighted by Crippen LogP contribution is 2.07. The van der Waals surface area contributed by atoms with Gasteiger partial charge in [0.05, 0.1) is 12.2 Å². The molecule has 12 heavy (non-hydrogen) atoms. The van der Waals surface area contributed by atoms with Gasteiger partial charge in [-0.3, -0.25) is 0 Å². The molecule has 1 fully saturated rings. The molecule has 3 nitrogen and oxygen atoms in total. The minimum atomic E-state index is -0.549. The van der Waals surface area contributed by atoms with Gasteiger partial charge in [0.2, 0.25) is 0 Å². The van der Waals surface area contributed by atoms with E-state index in [1.807, 2.05) is 13.8 Å². The molecule has 0 spiro atoms. The third-order valence-electron chi connectivity index (χ3n) is 2.10. The van der Waals surface area contributed by atoms with Crippen LogP contribution in [0.5, 0.6) is 0 Å². The van der Waals surface area contributed by atoms with Gasteiger partial charge in [0.15, 0.2) is 0 Å². The van der Waals surface area contributed by atoms with Gasteiger partial charge >= 0.3 is 0 Å². The van der Waals surface area contributed by atoms with Crippen molar-refractivity contribution in [2.24, 2.45) is 0 Å². The standard InChI is InChI=1S/C9H19NO2/c1-9(2,11)4-5-10-8-3-6-12-7-8/h8,10-11H,3-7H2,1-2H3. The number of hydrogen-bond donors (Lipinski definition) is 2. The maximum atomic E-state index is 9.42. The van der Waals surface area contributed by atoms with Gasteiger partial charge in [0.1, 0.15) is 0 Å². The third kappa shape index (κ3) is 4.04. The van der Waals surface area contributed by atoms with Crippen molar-refractivity contribution in [1.82, 2.24) is 5.32 Å². The van der Waals surface area contributed by atoms with Crippen LogP contribution in [0.2, 0.25) is 0 Å². The van der Waals surface area contributed by atoms with E-state index in [4.69, 9.17) is 4.74 Å². The number of nitrogens with one attached hydrogen (secondary N) is 1. The lowest BCUT2D eigenvalue weighted by molar-refractivity contribution is 0.0701. The highest BCUT2D eigenvalue weighted by molar-refractivity contribution is 4.73. The number of rotatable bonds is 4. The van der Waals surface area contributed by atoms with Crippen LogP contribution in [-0.4, -0.2) is 36.5 Å². The minimum absolute atomic E-state index is 0.507. The second-order valence-corrected chi connectivity index (χ2v) is 4.08. The number of hydrogen-bond acceptors (Lipinski definition) is 3. The quantitative estimate of drug-likeness (QED) is 0.651. The summed E-state index contributed by atoms with van der Waals surface area (Å²) >= 11 is 0. The van der Waals surface area contributed by atoms with E-state index < -0.39 is 5.60 Å². The Morgan fingerprint density at radius 3 is 2.83 bits per heavy atom. The molecule has 0 amide bonds. The van der Waals surface area contributed by atoms with Crippen molar-refractivity contribution >= 4 is 0 Å². The topological polar surface area (TPSA) is 41.5 Å². The Morgan fingerprint density at radius 2 is 2.33 bits per heavy atom. The van der Waals surface area contributed by atoms with Crippen LogP contribution in [0, 0.1) is 0 Å². The Bertz CT molecular complexity index is 125. The first-order chi connectivity index (χ1) is 5.58. The molecular formula is C9H19NO2. The van der Waals surface area contributed by atoms with Crippen molar-refractivity contribution in [3.8, 4) is 0 Å². The monoisotopic (exact) mass is 173 g/mol. The van der Waals surface area contributed by atoms with Crippen LogP contribution in [0.4, 0.5) is 0 Å². The fourth-order valence-electron chi connectivity index (χ4n) is 1.28. The zero-order valence-electron chi connectivity index (χ0n) is 7.97. The van der Waals surface area contributed by atoms with Crippen molar-refractivity contribution in [3.05, 3.63) is 0 Å². The Balaban J connectivity index is 2.02. The van der Waals surface area contributed by atoms with E-state index in [1.165, 1.54) is 0 Å². The first kappa shape index (κ1) is 9.96. The summed E-state index contributed by atoms with van der Waals surface area (Å²) in [5.74, 6) is 0. The SMILES string of the molecule is CC(C)(O)CCNC1CCOC1. The maximum absolute atomic E-state index is 9.42. The van der Waals surface area contributed by atoms with E-state index in [0.29, 0.717) is 6.04 Å². The zero-order chi connectivity index (χ0) is 9.03. The Morgan fingerprint density at radius 1 is 1.58 bits per heavy atom. The van der Waals surface area contributed by atoms with Crippen LogP contribution in [0.3, 0.4) is 0 Å². The molecule has 1 saturated heterocycles. The summed E-state index contributed by atoms with van der Waals surface area (Å²) < 4.78 is 5.21. The lowest BCUT2D eigenvalue weighted by atomic mass is 10.1. The van der Waals surface area contributed by atoms with Crippen molar-refractivity contribution in [3.63, 3.8) is 0 Å². The second kappa shape index (κ2) is 4.21. The summed E-state index contributed by atoms with van der Waals surface area (Å²) in [5.41, 5.74) is -0.549. The smallest absolute Gasteiger partial charge is 0.0620 e. The highest BCUT2D eigenvalue weighted by atomic mass is 16.5. The van der Waals surface area contributed by atoms with Crippen LogP contribution in [-0.2, 0) is 4.74 Å². The van der Waals surface area contributed by atoms with Gasteiger partial charge < -0.3 is 15.2 Å². The van der Waals surface area contributed by atoms with E-state index >= 15 is 0 Å². The molecule has 1 rings (SSSR count). The summed E-state index contributed by atoms with van der Waals surface area (Å²) in [6, 6.07) is 0.507. The number of aliphatic hydroxyl groups is 1. The van der Waals surface area contributed by atoms with E-state index in [1.54, 1.807) is 0 Å². The van der Waals surface area contributed by atoms with E-state index in [-0.39, 0.29) is 0 Å². The van der Waals surface area contributed by atoms with Crippen molar-refractivity contribution < 1.29 is 9.84 Å². The van der Waals surface area contributed by atoms with Gasteiger partial charge in [-0.1, -0.05) is 0 Å². The average Bonchev–Trinajstić information content (AvgIpc) is 2.36. The molecule has 1 aliphatic rings. The maximum Gasteiger partial charge on any atom is 0.0620 e. The third-order valence-corrected chi connectivity index (χ3v) is 2.10. The van der Waals surface area contributed by atoms with Crippen LogP contribution < -0.4 is 5.32 Å². The van der Waals surface area contributed by atoms with Gasteiger partial charge in [0, 0.05) is 12.6 Å². The summed E-state index contributed by atoms with van der Waals surface area (Å²) in [6.07, 6.45) is 1.90. The molecule has 3 heteroatoms. The first-order valence-corrected chi connectivity index (χ1v) is 4.61. The Kier molecular flexibility index (Phi) is 3.50. The van der Waals surface area contributed by atoms with Gasteiger partial charge in [-0.25, -0.2) is 0 Å². The molecule has 0 aromatic heterocycles. The predicted octanol–water partition coefficient (Wildman–Crippen LogP) is 0.526. The van der Waals surface area contributed by atoms with Gasteiger partial charge in [-0.2, -0.15) is 0 Å². The van der Waals surface area contributed by atoms with E-state index in [2.05, 4.69) is 5.32 Å². The second-order valence-electron chi connectivity index (χ2n) is 4.08. The first-order valence-electron chi connectivity index (χ1n) is 4.61. The molecule has 0 bridgehead atoms. The number of ether oxygens (including phenoxy) is 1. The summed E-state index contributed by atoms with van der Waals surface area (Å²) in [7, 11) is 0. The van der Waals surface area contributed by atoms with Gasteiger partial charge in [0.25, 0.3) is 0 Å². The van der Waals surface area contributed by atoms with Crippen molar-refractivity contribution in [2.45, 2.75) is 38.3 Å². The molecule has 0 radical (unpaired) electrons. The Labute approximate surface area is 74.1 Å². The molecule has 0 aliphatic carbocycles. The van der Waals surface area contributed by atoms with Gasteiger partial charge in [-0.05, 0) is 33.2 Å². The average molecular weight is 173 g/mol. The predicted molar refractivity (Wildman–Crippen MR) is 48.1 cm³/mol. The largest absolute Gasteiger partial charge is 0.390 e. The lowest BCUT2D eigenvalue weighted by Gasteiger charge is -2.18. The minimum Gasteiger partial charge on any atom is -0.390 e. The fourth-order valence-corrected chi connectivity index (χ4v) is 1.28. The summed E-state index contributed by atoms with van der Waals surface area (Å²) in [5, 5.41) is 12.8. The summed E-state index contributed by atoms with van der Waals surface area (Å²) in [4.78, 5) is 0. The van der Waals surface area contributed by atoms with Crippen LogP contribution in [0.25, 0.3) is 0 Å². The highest BCUT2D eigenvalue weighted by Gasteiger charge is 2.16. The van der Waals surface area contributed by atoms with Crippen LogP contribution in [0.15, 0.2) is 0 Å². The molecule has 1 aliphatic heterocycles. The molecule has 1 unspecified atom stereocenters. The van der Waals surface area contributed by atoms with E-state index in [9.17, 15) is 5.11 Å². The molecule has 2 N–H and O–H groups in total. The fraction of sp³-hybridized carbons (Fsp3) is 1.00. The van der Waals surface area contributed by atoms with Crippen molar-refractivity contribution in [1.29, 1.82) is 0 Å². The van der Waals surface area contributed by atoms with Crippen LogP contribution >= 0.6 is 0 Å². The van der Waals surface area contributed by atoms with E-state index in [0.717, 1.165) is 32.6 Å².